The number of alkyl halides is 2. The molecule has 11 heavy (non-hydrogen) atoms. The lowest BCUT2D eigenvalue weighted by Crippen LogP contribution is -2.21. The molecule has 0 rings (SSSR count). The van der Waals surface area contributed by atoms with Gasteiger partial charge in [0.15, 0.2) is 0 Å². The molecule has 4 heteroatoms. The molecule has 0 aliphatic carbocycles. The molecule has 2 nitrogen and oxygen atoms in total. The molecule has 2 N–H and O–H groups in total. The SMILES string of the molecule is CC[C@@H](N)CCOCC(F)F. The summed E-state index contributed by atoms with van der Waals surface area (Å²) in [5.74, 6) is 0. The fourth-order valence-corrected chi connectivity index (χ4v) is 0.611. The number of nitrogens with two attached hydrogens (primary N) is 1. The minimum Gasteiger partial charge on any atom is -0.375 e. The summed E-state index contributed by atoms with van der Waals surface area (Å²) < 4.78 is 27.6. The van der Waals surface area contributed by atoms with Gasteiger partial charge >= 0.3 is 0 Å². The first-order valence-corrected chi connectivity index (χ1v) is 3.78. The van der Waals surface area contributed by atoms with Gasteiger partial charge in [0.2, 0.25) is 0 Å². The molecule has 0 amide bonds. The molecule has 0 bridgehead atoms. The van der Waals surface area contributed by atoms with Crippen molar-refractivity contribution in [3.63, 3.8) is 0 Å². The van der Waals surface area contributed by atoms with Crippen molar-refractivity contribution in [1.82, 2.24) is 0 Å². The molecule has 0 aromatic carbocycles. The van der Waals surface area contributed by atoms with Crippen molar-refractivity contribution in [2.75, 3.05) is 13.2 Å². The van der Waals surface area contributed by atoms with Gasteiger partial charge in [-0.15, -0.1) is 0 Å². The van der Waals surface area contributed by atoms with Crippen LogP contribution < -0.4 is 5.73 Å². The Morgan fingerprint density at radius 3 is 2.55 bits per heavy atom. The van der Waals surface area contributed by atoms with Crippen LogP contribution in [0.1, 0.15) is 19.8 Å². The first kappa shape index (κ1) is 10.8. The lowest BCUT2D eigenvalue weighted by Gasteiger charge is -2.08. The second-order valence-corrected chi connectivity index (χ2v) is 2.42. The van der Waals surface area contributed by atoms with Crippen LogP contribution in [0.5, 0.6) is 0 Å². The van der Waals surface area contributed by atoms with Crippen LogP contribution in [0.25, 0.3) is 0 Å². The standard InChI is InChI=1S/C7H15F2NO/c1-2-6(10)3-4-11-5-7(8)9/h6-7H,2-5,10H2,1H3/t6-/m1/s1. The number of hydrogen-bond donors (Lipinski definition) is 1. The van der Waals surface area contributed by atoms with Crippen molar-refractivity contribution in [2.24, 2.45) is 5.73 Å². The van der Waals surface area contributed by atoms with Crippen LogP contribution in [0, 0.1) is 0 Å². The summed E-state index contributed by atoms with van der Waals surface area (Å²) in [7, 11) is 0. The maximum atomic E-state index is 11.5. The van der Waals surface area contributed by atoms with Crippen LogP contribution in [-0.4, -0.2) is 25.7 Å². The second-order valence-electron chi connectivity index (χ2n) is 2.42. The van der Waals surface area contributed by atoms with Crippen LogP contribution in [0.2, 0.25) is 0 Å². The topological polar surface area (TPSA) is 35.2 Å². The zero-order chi connectivity index (χ0) is 8.69. The maximum Gasteiger partial charge on any atom is 0.261 e. The molecule has 0 aromatic heterocycles. The second kappa shape index (κ2) is 6.49. The molecule has 0 aliphatic heterocycles. The normalized spacial score (nSPS) is 13.9. The third kappa shape index (κ3) is 7.68. The Labute approximate surface area is 65.7 Å². The monoisotopic (exact) mass is 167 g/mol. The van der Waals surface area contributed by atoms with E-state index in [0.717, 1.165) is 6.42 Å². The summed E-state index contributed by atoms with van der Waals surface area (Å²) >= 11 is 0. The molecule has 0 aromatic rings. The zero-order valence-corrected chi connectivity index (χ0v) is 6.72. The fourth-order valence-electron chi connectivity index (χ4n) is 0.611. The Hall–Kier alpha value is -0.220. The first-order valence-electron chi connectivity index (χ1n) is 3.78. The third-order valence-electron chi connectivity index (χ3n) is 1.40. The Balaban J connectivity index is 3.01. The van der Waals surface area contributed by atoms with E-state index in [-0.39, 0.29) is 6.04 Å². The first-order chi connectivity index (χ1) is 5.16. The predicted octanol–water partition coefficient (Wildman–Crippen LogP) is 1.40. The quantitative estimate of drug-likeness (QED) is 0.607. The third-order valence-corrected chi connectivity index (χ3v) is 1.40. The minimum atomic E-state index is -2.37. The molecule has 0 aliphatic rings. The van der Waals surface area contributed by atoms with Gasteiger partial charge in [-0.2, -0.15) is 0 Å². The van der Waals surface area contributed by atoms with E-state index in [2.05, 4.69) is 4.74 Å². The molecular formula is C7H15F2NO. The predicted molar refractivity (Wildman–Crippen MR) is 39.7 cm³/mol. The average Bonchev–Trinajstić information content (AvgIpc) is 1.97. The minimum absolute atomic E-state index is 0.0765. The number of ether oxygens (including phenoxy) is 1. The van der Waals surface area contributed by atoms with Gasteiger partial charge in [0.05, 0.1) is 0 Å². The Morgan fingerprint density at radius 2 is 2.09 bits per heavy atom. The van der Waals surface area contributed by atoms with Gasteiger partial charge in [-0.05, 0) is 12.8 Å². The van der Waals surface area contributed by atoms with Gasteiger partial charge in [0, 0.05) is 12.6 Å². The van der Waals surface area contributed by atoms with Gasteiger partial charge in [0.1, 0.15) is 6.61 Å². The molecule has 0 radical (unpaired) electrons. The highest BCUT2D eigenvalue weighted by atomic mass is 19.3. The van der Waals surface area contributed by atoms with E-state index >= 15 is 0 Å². The van der Waals surface area contributed by atoms with Crippen LogP contribution in [-0.2, 0) is 4.74 Å². The summed E-state index contributed by atoms with van der Waals surface area (Å²) in [6, 6.07) is 0.0765. The molecule has 0 fully saturated rings. The van der Waals surface area contributed by atoms with Crippen molar-refractivity contribution >= 4 is 0 Å². The summed E-state index contributed by atoms with van der Waals surface area (Å²) in [5, 5.41) is 0. The van der Waals surface area contributed by atoms with E-state index in [1.165, 1.54) is 0 Å². The van der Waals surface area contributed by atoms with E-state index in [0.29, 0.717) is 13.0 Å². The molecule has 0 saturated carbocycles. The zero-order valence-electron chi connectivity index (χ0n) is 6.72. The smallest absolute Gasteiger partial charge is 0.261 e. The van der Waals surface area contributed by atoms with Crippen LogP contribution in [0.3, 0.4) is 0 Å². The van der Waals surface area contributed by atoms with Crippen LogP contribution in [0.15, 0.2) is 0 Å². The summed E-state index contributed by atoms with van der Waals surface area (Å²) in [5.41, 5.74) is 5.52. The average molecular weight is 167 g/mol. The van der Waals surface area contributed by atoms with Crippen LogP contribution >= 0.6 is 0 Å². The van der Waals surface area contributed by atoms with E-state index in [1.54, 1.807) is 0 Å². The van der Waals surface area contributed by atoms with E-state index in [1.807, 2.05) is 6.92 Å². The highest BCUT2D eigenvalue weighted by Crippen LogP contribution is 1.96. The molecule has 0 saturated heterocycles. The van der Waals surface area contributed by atoms with Crippen molar-refractivity contribution in [2.45, 2.75) is 32.2 Å². The summed E-state index contributed by atoms with van der Waals surface area (Å²) in [6.07, 6.45) is -0.853. The van der Waals surface area contributed by atoms with Crippen molar-refractivity contribution in [1.29, 1.82) is 0 Å². The lowest BCUT2D eigenvalue weighted by molar-refractivity contribution is 0.0152. The van der Waals surface area contributed by atoms with Crippen molar-refractivity contribution < 1.29 is 13.5 Å². The molecule has 0 heterocycles. The molecule has 0 spiro atoms. The fraction of sp³-hybridized carbons (Fsp3) is 1.00. The molecule has 1 atom stereocenters. The highest BCUT2D eigenvalue weighted by molar-refractivity contribution is 4.56. The number of halogens is 2. The van der Waals surface area contributed by atoms with Gasteiger partial charge in [-0.25, -0.2) is 8.78 Å². The Morgan fingerprint density at radius 1 is 1.45 bits per heavy atom. The van der Waals surface area contributed by atoms with Crippen molar-refractivity contribution in [3.05, 3.63) is 0 Å². The summed E-state index contributed by atoms with van der Waals surface area (Å²) in [6.45, 7) is 1.81. The maximum absolute atomic E-state index is 11.5. The van der Waals surface area contributed by atoms with E-state index in [9.17, 15) is 8.78 Å². The lowest BCUT2D eigenvalue weighted by atomic mass is 10.2. The Kier molecular flexibility index (Phi) is 6.36. The molecule has 68 valence electrons. The van der Waals surface area contributed by atoms with Gasteiger partial charge in [0.25, 0.3) is 6.43 Å². The van der Waals surface area contributed by atoms with Gasteiger partial charge in [-0.1, -0.05) is 6.92 Å². The van der Waals surface area contributed by atoms with Crippen molar-refractivity contribution in [3.8, 4) is 0 Å². The van der Waals surface area contributed by atoms with Gasteiger partial charge < -0.3 is 10.5 Å². The number of rotatable bonds is 6. The molecular weight excluding hydrogens is 152 g/mol. The van der Waals surface area contributed by atoms with Gasteiger partial charge in [-0.3, -0.25) is 0 Å². The largest absolute Gasteiger partial charge is 0.375 e. The highest BCUT2D eigenvalue weighted by Gasteiger charge is 2.02. The Bertz CT molecular complexity index is 90.5. The summed E-state index contributed by atoms with van der Waals surface area (Å²) in [4.78, 5) is 0. The number of hydrogen-bond acceptors (Lipinski definition) is 2. The van der Waals surface area contributed by atoms with Crippen LogP contribution in [0.4, 0.5) is 8.78 Å². The molecule has 0 unspecified atom stereocenters. The van der Waals surface area contributed by atoms with E-state index in [4.69, 9.17) is 5.73 Å². The van der Waals surface area contributed by atoms with E-state index < -0.39 is 13.0 Å².